The van der Waals surface area contributed by atoms with E-state index < -0.39 is 6.10 Å². The fourth-order valence-corrected chi connectivity index (χ4v) is 2.12. The fourth-order valence-electron chi connectivity index (χ4n) is 1.34. The second-order valence-corrected chi connectivity index (χ2v) is 4.70. The highest BCUT2D eigenvalue weighted by atomic mass is 32.2. The number of pyridine rings is 1. The lowest BCUT2D eigenvalue weighted by atomic mass is 10.2. The van der Waals surface area contributed by atoms with Crippen LogP contribution in [0.25, 0.3) is 0 Å². The number of aliphatic hydroxyl groups is 1. The first kappa shape index (κ1) is 12.1. The number of halogens is 1. The van der Waals surface area contributed by atoms with E-state index in [0.29, 0.717) is 9.92 Å². The third kappa shape index (κ3) is 3.05. The standard InChI is InChI=1S/C13H12FNOS/c1-9(16)10-6-7-13(15-8-10)17-12-5-3-2-4-11(12)14/h2-9,16H,1H3. The largest absolute Gasteiger partial charge is 0.389 e. The van der Waals surface area contributed by atoms with Crippen LogP contribution >= 0.6 is 11.8 Å². The molecular formula is C13H12FNOS. The monoisotopic (exact) mass is 249 g/mol. The van der Waals surface area contributed by atoms with Gasteiger partial charge in [-0.25, -0.2) is 9.37 Å². The SMILES string of the molecule is CC(O)c1ccc(Sc2ccccc2F)nc1. The summed E-state index contributed by atoms with van der Waals surface area (Å²) in [5, 5.41) is 10.0. The van der Waals surface area contributed by atoms with Gasteiger partial charge in [-0.3, -0.25) is 0 Å². The Kier molecular flexibility index (Phi) is 3.76. The van der Waals surface area contributed by atoms with Crippen molar-refractivity contribution in [3.8, 4) is 0 Å². The molecule has 0 fully saturated rings. The van der Waals surface area contributed by atoms with Crippen molar-refractivity contribution in [2.24, 2.45) is 0 Å². The molecule has 1 unspecified atom stereocenters. The molecule has 0 radical (unpaired) electrons. The first-order valence-electron chi connectivity index (χ1n) is 5.23. The minimum Gasteiger partial charge on any atom is -0.389 e. The predicted molar refractivity (Wildman–Crippen MR) is 65.4 cm³/mol. The third-order valence-corrected chi connectivity index (χ3v) is 3.29. The first-order chi connectivity index (χ1) is 8.16. The zero-order valence-corrected chi connectivity index (χ0v) is 10.1. The minimum atomic E-state index is -0.532. The van der Waals surface area contributed by atoms with E-state index in [9.17, 15) is 9.50 Å². The van der Waals surface area contributed by atoms with Gasteiger partial charge in [-0.2, -0.15) is 0 Å². The number of rotatable bonds is 3. The molecule has 0 spiro atoms. The molecule has 1 N–H and O–H groups in total. The Bertz CT molecular complexity index is 499. The summed E-state index contributed by atoms with van der Waals surface area (Å²) in [4.78, 5) is 4.72. The van der Waals surface area contributed by atoms with Crippen LogP contribution in [0.4, 0.5) is 4.39 Å². The van der Waals surface area contributed by atoms with Crippen molar-refractivity contribution >= 4 is 11.8 Å². The molecule has 0 aliphatic rings. The molecule has 2 nitrogen and oxygen atoms in total. The van der Waals surface area contributed by atoms with Crippen LogP contribution in [0.5, 0.6) is 0 Å². The quantitative estimate of drug-likeness (QED) is 0.904. The summed E-state index contributed by atoms with van der Waals surface area (Å²) < 4.78 is 13.4. The molecule has 2 rings (SSSR count). The van der Waals surface area contributed by atoms with Crippen LogP contribution in [0.1, 0.15) is 18.6 Å². The number of hydrogen-bond acceptors (Lipinski definition) is 3. The van der Waals surface area contributed by atoms with E-state index in [1.807, 2.05) is 0 Å². The third-order valence-electron chi connectivity index (χ3n) is 2.29. The van der Waals surface area contributed by atoms with Crippen LogP contribution in [0.2, 0.25) is 0 Å². The summed E-state index contributed by atoms with van der Waals surface area (Å²) >= 11 is 1.27. The summed E-state index contributed by atoms with van der Waals surface area (Å²) in [6.07, 6.45) is 1.07. The van der Waals surface area contributed by atoms with Crippen molar-refractivity contribution in [1.29, 1.82) is 0 Å². The molecule has 0 amide bonds. The lowest BCUT2D eigenvalue weighted by Gasteiger charge is -2.05. The highest BCUT2D eigenvalue weighted by Crippen LogP contribution is 2.28. The van der Waals surface area contributed by atoms with Crippen molar-refractivity contribution in [2.75, 3.05) is 0 Å². The average molecular weight is 249 g/mol. The van der Waals surface area contributed by atoms with Gasteiger partial charge in [0.2, 0.25) is 0 Å². The van der Waals surface area contributed by atoms with E-state index >= 15 is 0 Å². The Hall–Kier alpha value is -1.39. The Morgan fingerprint density at radius 1 is 1.24 bits per heavy atom. The van der Waals surface area contributed by atoms with Gasteiger partial charge in [0.1, 0.15) is 10.8 Å². The molecular weight excluding hydrogens is 237 g/mol. The smallest absolute Gasteiger partial charge is 0.137 e. The molecule has 0 aliphatic carbocycles. The second kappa shape index (κ2) is 5.29. The maximum atomic E-state index is 13.4. The molecule has 0 saturated carbocycles. The van der Waals surface area contributed by atoms with Gasteiger partial charge >= 0.3 is 0 Å². The molecule has 4 heteroatoms. The van der Waals surface area contributed by atoms with Crippen LogP contribution in [0.3, 0.4) is 0 Å². The van der Waals surface area contributed by atoms with Gasteiger partial charge in [0.15, 0.2) is 0 Å². The van der Waals surface area contributed by atoms with E-state index in [2.05, 4.69) is 4.98 Å². The summed E-state index contributed by atoms with van der Waals surface area (Å²) in [6.45, 7) is 1.68. The van der Waals surface area contributed by atoms with Gasteiger partial charge in [0, 0.05) is 11.1 Å². The van der Waals surface area contributed by atoms with Crippen LogP contribution in [0.15, 0.2) is 52.5 Å². The fraction of sp³-hybridized carbons (Fsp3) is 0.154. The molecule has 0 bridgehead atoms. The van der Waals surface area contributed by atoms with E-state index in [0.717, 1.165) is 5.56 Å². The predicted octanol–water partition coefficient (Wildman–Crippen LogP) is 3.43. The van der Waals surface area contributed by atoms with Crippen LogP contribution in [-0.4, -0.2) is 10.1 Å². The summed E-state index contributed by atoms with van der Waals surface area (Å²) in [6, 6.07) is 10.1. The topological polar surface area (TPSA) is 33.1 Å². The van der Waals surface area contributed by atoms with E-state index in [1.165, 1.54) is 17.8 Å². The summed E-state index contributed by atoms with van der Waals surface area (Å²) in [5.74, 6) is -0.251. The van der Waals surface area contributed by atoms with E-state index in [-0.39, 0.29) is 5.82 Å². The van der Waals surface area contributed by atoms with Crippen LogP contribution in [0, 0.1) is 5.82 Å². The normalized spacial score (nSPS) is 12.4. The van der Waals surface area contributed by atoms with Crippen molar-refractivity contribution in [1.82, 2.24) is 4.98 Å². The Morgan fingerprint density at radius 2 is 2.00 bits per heavy atom. The zero-order valence-electron chi connectivity index (χ0n) is 9.30. The molecule has 88 valence electrons. The number of aliphatic hydroxyl groups excluding tert-OH is 1. The van der Waals surface area contributed by atoms with Gasteiger partial charge < -0.3 is 5.11 Å². The minimum absolute atomic E-state index is 0.251. The molecule has 0 saturated heterocycles. The average Bonchev–Trinajstić information content (AvgIpc) is 2.33. The van der Waals surface area contributed by atoms with Gasteiger partial charge in [-0.1, -0.05) is 30.0 Å². The number of nitrogens with zero attached hydrogens (tertiary/aromatic N) is 1. The first-order valence-corrected chi connectivity index (χ1v) is 6.05. The molecule has 1 aromatic heterocycles. The van der Waals surface area contributed by atoms with Crippen molar-refractivity contribution in [3.63, 3.8) is 0 Å². The lowest BCUT2D eigenvalue weighted by Crippen LogP contribution is -1.92. The van der Waals surface area contributed by atoms with E-state index in [4.69, 9.17) is 0 Å². The summed E-state index contributed by atoms with van der Waals surface area (Å²) in [5.41, 5.74) is 0.753. The van der Waals surface area contributed by atoms with Gasteiger partial charge in [0.05, 0.1) is 6.10 Å². The molecule has 1 aromatic carbocycles. The molecule has 1 heterocycles. The number of benzene rings is 1. The van der Waals surface area contributed by atoms with Crippen LogP contribution in [-0.2, 0) is 0 Å². The molecule has 2 aromatic rings. The van der Waals surface area contributed by atoms with Gasteiger partial charge in [-0.15, -0.1) is 0 Å². The van der Waals surface area contributed by atoms with Crippen molar-refractivity contribution in [3.05, 3.63) is 54.0 Å². The summed E-state index contributed by atoms with van der Waals surface area (Å²) in [7, 11) is 0. The highest BCUT2D eigenvalue weighted by Gasteiger charge is 2.05. The highest BCUT2D eigenvalue weighted by molar-refractivity contribution is 7.99. The maximum absolute atomic E-state index is 13.4. The molecule has 1 atom stereocenters. The van der Waals surface area contributed by atoms with Gasteiger partial charge in [0.25, 0.3) is 0 Å². The Labute approximate surface area is 104 Å². The Morgan fingerprint density at radius 3 is 2.59 bits per heavy atom. The molecule has 0 aliphatic heterocycles. The van der Waals surface area contributed by atoms with Crippen LogP contribution < -0.4 is 0 Å². The van der Waals surface area contributed by atoms with E-state index in [1.54, 1.807) is 43.5 Å². The Balaban J connectivity index is 2.17. The zero-order chi connectivity index (χ0) is 12.3. The van der Waals surface area contributed by atoms with Gasteiger partial charge in [-0.05, 0) is 30.7 Å². The number of aromatic nitrogens is 1. The van der Waals surface area contributed by atoms with Crippen molar-refractivity contribution in [2.45, 2.75) is 22.9 Å². The van der Waals surface area contributed by atoms with Crippen molar-refractivity contribution < 1.29 is 9.50 Å². The molecule has 17 heavy (non-hydrogen) atoms. The maximum Gasteiger partial charge on any atom is 0.137 e. The number of hydrogen-bond donors (Lipinski definition) is 1. The second-order valence-electron chi connectivity index (χ2n) is 3.64. The lowest BCUT2D eigenvalue weighted by molar-refractivity contribution is 0.198.